The van der Waals surface area contributed by atoms with Crippen molar-refractivity contribution in [1.29, 1.82) is 0 Å². The van der Waals surface area contributed by atoms with Gasteiger partial charge in [-0.1, -0.05) is 6.42 Å². The Labute approximate surface area is 93.4 Å². The number of likely N-dealkylation sites (N-methyl/N-ethyl adjacent to an activating group) is 1. The van der Waals surface area contributed by atoms with Gasteiger partial charge in [0, 0.05) is 24.7 Å². The number of nitrogens with one attached hydrogen (secondary N) is 1. The van der Waals surface area contributed by atoms with E-state index in [0.717, 1.165) is 24.0 Å². The van der Waals surface area contributed by atoms with E-state index in [0.29, 0.717) is 0 Å². The number of hydrogen-bond donors (Lipinski definition) is 1. The molecule has 0 spiro atoms. The van der Waals surface area contributed by atoms with Gasteiger partial charge in [-0.05, 0) is 51.5 Å². The molecule has 15 heavy (non-hydrogen) atoms. The molecule has 0 aromatic carbocycles. The molecule has 0 amide bonds. The Hall–Kier alpha value is -0.0800. The highest BCUT2D eigenvalue weighted by atomic mass is 15.2. The molecule has 3 saturated carbocycles. The van der Waals surface area contributed by atoms with Crippen LogP contribution in [0.1, 0.15) is 44.9 Å². The van der Waals surface area contributed by atoms with E-state index < -0.39 is 0 Å². The van der Waals surface area contributed by atoms with Crippen LogP contribution in [0.4, 0.5) is 0 Å². The molecule has 0 bridgehead atoms. The summed E-state index contributed by atoms with van der Waals surface area (Å²) in [6.07, 6.45) is 10.2. The quantitative estimate of drug-likeness (QED) is 0.743. The molecule has 3 fully saturated rings. The summed E-state index contributed by atoms with van der Waals surface area (Å²) in [6.45, 7) is 1.41. The smallest absolute Gasteiger partial charge is 0.0252 e. The molecule has 0 aliphatic heterocycles. The monoisotopic (exact) mass is 208 g/mol. The normalized spacial score (nSPS) is 36.4. The van der Waals surface area contributed by atoms with Crippen molar-refractivity contribution in [2.45, 2.75) is 63.1 Å². The Morgan fingerprint density at radius 2 is 1.87 bits per heavy atom. The first-order chi connectivity index (χ1) is 7.38. The highest BCUT2D eigenvalue weighted by Gasteiger charge is 2.41. The highest BCUT2D eigenvalue weighted by Crippen LogP contribution is 2.39. The van der Waals surface area contributed by atoms with Gasteiger partial charge in [0.2, 0.25) is 0 Å². The molecule has 2 atom stereocenters. The van der Waals surface area contributed by atoms with E-state index in [1.165, 1.54) is 51.5 Å². The Morgan fingerprint density at radius 1 is 1.07 bits per heavy atom. The molecule has 2 nitrogen and oxygen atoms in total. The first-order valence-corrected chi connectivity index (χ1v) is 6.81. The van der Waals surface area contributed by atoms with Crippen molar-refractivity contribution in [3.05, 3.63) is 0 Å². The molecular weight excluding hydrogens is 184 g/mol. The van der Waals surface area contributed by atoms with Crippen molar-refractivity contribution in [2.75, 3.05) is 13.6 Å². The van der Waals surface area contributed by atoms with Crippen LogP contribution in [0.5, 0.6) is 0 Å². The summed E-state index contributed by atoms with van der Waals surface area (Å²) >= 11 is 0. The Bertz CT molecular complexity index is 221. The summed E-state index contributed by atoms with van der Waals surface area (Å²) in [4.78, 5) is 2.87. The summed E-state index contributed by atoms with van der Waals surface area (Å²) in [7, 11) is 2.14. The minimum absolute atomic E-state index is 0.782. The van der Waals surface area contributed by atoms with E-state index in [-0.39, 0.29) is 0 Å². The van der Waals surface area contributed by atoms with Gasteiger partial charge < -0.3 is 5.32 Å². The average molecular weight is 208 g/mol. The van der Waals surface area contributed by atoms with Gasteiger partial charge in [-0.2, -0.15) is 0 Å². The van der Waals surface area contributed by atoms with Crippen LogP contribution in [-0.4, -0.2) is 36.6 Å². The Balaban J connectivity index is 1.63. The Morgan fingerprint density at radius 3 is 2.47 bits per heavy atom. The molecule has 0 heterocycles. The zero-order valence-electron chi connectivity index (χ0n) is 9.91. The van der Waals surface area contributed by atoms with Gasteiger partial charge >= 0.3 is 0 Å². The summed E-state index contributed by atoms with van der Waals surface area (Å²) in [5.41, 5.74) is 0. The second kappa shape index (κ2) is 4.06. The lowest BCUT2D eigenvalue weighted by molar-refractivity contribution is 0.158. The SMILES string of the molecule is CNC1CCCC1N(CC1CC1)C1CC1. The molecular formula is C13H24N2. The molecule has 0 aromatic heterocycles. The fourth-order valence-electron chi connectivity index (χ4n) is 3.23. The maximum absolute atomic E-state index is 3.53. The molecule has 3 aliphatic rings. The van der Waals surface area contributed by atoms with Gasteiger partial charge in [-0.15, -0.1) is 0 Å². The molecule has 1 N–H and O–H groups in total. The third-order valence-corrected chi connectivity index (χ3v) is 4.46. The zero-order valence-corrected chi connectivity index (χ0v) is 9.91. The van der Waals surface area contributed by atoms with E-state index in [2.05, 4.69) is 17.3 Å². The largest absolute Gasteiger partial charge is 0.315 e. The van der Waals surface area contributed by atoms with Crippen LogP contribution in [-0.2, 0) is 0 Å². The third-order valence-electron chi connectivity index (χ3n) is 4.46. The average Bonchev–Trinajstić information content (AvgIpc) is 3.13. The summed E-state index contributed by atoms with van der Waals surface area (Å²) in [5.74, 6) is 1.06. The minimum atomic E-state index is 0.782. The number of rotatable bonds is 5. The fraction of sp³-hybridized carbons (Fsp3) is 1.00. The molecule has 3 aliphatic carbocycles. The van der Waals surface area contributed by atoms with Crippen molar-refractivity contribution in [3.63, 3.8) is 0 Å². The lowest BCUT2D eigenvalue weighted by Crippen LogP contribution is -2.47. The van der Waals surface area contributed by atoms with Crippen LogP contribution < -0.4 is 5.32 Å². The van der Waals surface area contributed by atoms with Gasteiger partial charge in [0.15, 0.2) is 0 Å². The standard InChI is InChI=1S/C13H24N2/c1-14-12-3-2-4-13(12)15(11-7-8-11)9-10-5-6-10/h10-14H,2-9H2,1H3. The first kappa shape index (κ1) is 10.1. The van der Waals surface area contributed by atoms with Gasteiger partial charge in [0.25, 0.3) is 0 Å². The molecule has 3 rings (SSSR count). The van der Waals surface area contributed by atoms with Crippen LogP contribution in [0.25, 0.3) is 0 Å². The third kappa shape index (κ3) is 2.21. The van der Waals surface area contributed by atoms with Crippen molar-refractivity contribution >= 4 is 0 Å². The highest BCUT2D eigenvalue weighted by molar-refractivity contribution is 4.98. The molecule has 2 unspecified atom stereocenters. The van der Waals surface area contributed by atoms with E-state index in [1.54, 1.807) is 0 Å². The van der Waals surface area contributed by atoms with Crippen LogP contribution in [0.3, 0.4) is 0 Å². The molecule has 0 saturated heterocycles. The minimum Gasteiger partial charge on any atom is -0.315 e. The van der Waals surface area contributed by atoms with E-state index >= 15 is 0 Å². The second-order valence-electron chi connectivity index (χ2n) is 5.76. The maximum atomic E-state index is 3.53. The van der Waals surface area contributed by atoms with Crippen molar-refractivity contribution in [2.24, 2.45) is 5.92 Å². The predicted molar refractivity (Wildman–Crippen MR) is 62.9 cm³/mol. The molecule has 86 valence electrons. The van der Waals surface area contributed by atoms with E-state index in [9.17, 15) is 0 Å². The van der Waals surface area contributed by atoms with Crippen LogP contribution >= 0.6 is 0 Å². The van der Waals surface area contributed by atoms with E-state index in [4.69, 9.17) is 0 Å². The summed E-state index contributed by atoms with van der Waals surface area (Å²) < 4.78 is 0. The number of nitrogens with zero attached hydrogens (tertiary/aromatic N) is 1. The van der Waals surface area contributed by atoms with Gasteiger partial charge in [-0.25, -0.2) is 0 Å². The van der Waals surface area contributed by atoms with E-state index in [1.807, 2.05) is 0 Å². The van der Waals surface area contributed by atoms with Gasteiger partial charge in [-0.3, -0.25) is 4.90 Å². The van der Waals surface area contributed by atoms with Gasteiger partial charge in [0.1, 0.15) is 0 Å². The number of hydrogen-bond acceptors (Lipinski definition) is 2. The van der Waals surface area contributed by atoms with Gasteiger partial charge in [0.05, 0.1) is 0 Å². The Kier molecular flexibility index (Phi) is 2.73. The van der Waals surface area contributed by atoms with Crippen molar-refractivity contribution in [1.82, 2.24) is 10.2 Å². The van der Waals surface area contributed by atoms with Crippen molar-refractivity contribution in [3.8, 4) is 0 Å². The lowest BCUT2D eigenvalue weighted by Gasteiger charge is -2.33. The topological polar surface area (TPSA) is 15.3 Å². The van der Waals surface area contributed by atoms with Crippen LogP contribution in [0, 0.1) is 5.92 Å². The van der Waals surface area contributed by atoms with Crippen molar-refractivity contribution < 1.29 is 0 Å². The van der Waals surface area contributed by atoms with Crippen LogP contribution in [0.2, 0.25) is 0 Å². The maximum Gasteiger partial charge on any atom is 0.0252 e. The fourth-order valence-corrected chi connectivity index (χ4v) is 3.23. The summed E-state index contributed by atoms with van der Waals surface area (Å²) in [6, 6.07) is 2.61. The molecule has 0 aromatic rings. The lowest BCUT2D eigenvalue weighted by atomic mass is 10.1. The molecule has 2 heteroatoms. The predicted octanol–water partition coefficient (Wildman–Crippen LogP) is 2.00. The van der Waals surface area contributed by atoms with Crippen LogP contribution in [0.15, 0.2) is 0 Å². The second-order valence-corrected chi connectivity index (χ2v) is 5.76. The summed E-state index contributed by atoms with van der Waals surface area (Å²) in [5, 5.41) is 3.53. The first-order valence-electron chi connectivity index (χ1n) is 6.81. The zero-order chi connectivity index (χ0) is 10.3. The molecule has 0 radical (unpaired) electrons.